The Labute approximate surface area is 106 Å². The summed E-state index contributed by atoms with van der Waals surface area (Å²) in [7, 11) is 0. The summed E-state index contributed by atoms with van der Waals surface area (Å²) in [4.78, 5) is 15.4. The minimum Gasteiger partial charge on any atom is -0.360 e. The maximum absolute atomic E-state index is 12.3. The van der Waals surface area contributed by atoms with Crippen LogP contribution in [0.1, 0.15) is 31.1 Å². The largest absolute Gasteiger partial charge is 0.360 e. The third-order valence-electron chi connectivity index (χ3n) is 3.32. The standard InChI is InChI=1S/C14H16ClNO/c1-8(2)9(3)14(17)12-7-16-13-6-10(15)4-5-11(12)13/h4-9,16H,1-3H3. The second-order valence-electron chi connectivity index (χ2n) is 4.79. The number of ketones is 1. The lowest BCUT2D eigenvalue weighted by molar-refractivity contribution is 0.0901. The molecule has 0 spiro atoms. The zero-order valence-corrected chi connectivity index (χ0v) is 11.0. The quantitative estimate of drug-likeness (QED) is 0.809. The molecular weight excluding hydrogens is 234 g/mol. The van der Waals surface area contributed by atoms with E-state index in [2.05, 4.69) is 18.8 Å². The summed E-state index contributed by atoms with van der Waals surface area (Å²) >= 11 is 5.92. The van der Waals surface area contributed by atoms with Crippen molar-refractivity contribution in [3.63, 3.8) is 0 Å². The van der Waals surface area contributed by atoms with Gasteiger partial charge >= 0.3 is 0 Å². The minimum atomic E-state index is 0.0321. The van der Waals surface area contributed by atoms with Gasteiger partial charge in [-0.25, -0.2) is 0 Å². The highest BCUT2D eigenvalue weighted by Gasteiger charge is 2.21. The number of fused-ring (bicyclic) bond motifs is 1. The first-order chi connectivity index (χ1) is 8.00. The summed E-state index contributed by atoms with van der Waals surface area (Å²) in [5, 5.41) is 1.63. The first-order valence-corrected chi connectivity index (χ1v) is 6.19. The van der Waals surface area contributed by atoms with Gasteiger partial charge < -0.3 is 4.98 Å². The molecule has 1 atom stereocenters. The molecule has 0 aliphatic carbocycles. The van der Waals surface area contributed by atoms with Crippen molar-refractivity contribution in [2.24, 2.45) is 11.8 Å². The predicted octanol–water partition coefficient (Wildman–Crippen LogP) is 4.30. The van der Waals surface area contributed by atoms with E-state index >= 15 is 0 Å². The van der Waals surface area contributed by atoms with Crippen LogP contribution in [0.15, 0.2) is 24.4 Å². The number of H-pyrrole nitrogens is 1. The van der Waals surface area contributed by atoms with E-state index in [1.54, 1.807) is 6.20 Å². The number of halogens is 1. The van der Waals surface area contributed by atoms with Gasteiger partial charge in [0.15, 0.2) is 5.78 Å². The fraction of sp³-hybridized carbons (Fsp3) is 0.357. The van der Waals surface area contributed by atoms with E-state index in [-0.39, 0.29) is 11.7 Å². The number of nitrogens with one attached hydrogen (secondary N) is 1. The Morgan fingerprint density at radius 3 is 2.65 bits per heavy atom. The van der Waals surface area contributed by atoms with Crippen LogP contribution in [0.3, 0.4) is 0 Å². The van der Waals surface area contributed by atoms with Crippen LogP contribution >= 0.6 is 11.6 Å². The Bertz CT molecular complexity index is 556. The van der Waals surface area contributed by atoms with Crippen molar-refractivity contribution in [1.29, 1.82) is 0 Å². The summed E-state index contributed by atoms with van der Waals surface area (Å²) in [5.41, 5.74) is 1.68. The summed E-state index contributed by atoms with van der Waals surface area (Å²) in [6.45, 7) is 6.10. The summed E-state index contributed by atoms with van der Waals surface area (Å²) in [6, 6.07) is 5.55. The van der Waals surface area contributed by atoms with Gasteiger partial charge in [-0.15, -0.1) is 0 Å². The lowest BCUT2D eigenvalue weighted by Gasteiger charge is -2.13. The summed E-state index contributed by atoms with van der Waals surface area (Å²) < 4.78 is 0. The lowest BCUT2D eigenvalue weighted by atomic mass is 9.90. The van der Waals surface area contributed by atoms with Crippen LogP contribution < -0.4 is 0 Å². The van der Waals surface area contributed by atoms with Gasteiger partial charge in [0.1, 0.15) is 0 Å². The van der Waals surface area contributed by atoms with Crippen molar-refractivity contribution < 1.29 is 4.79 Å². The molecule has 1 unspecified atom stereocenters. The third kappa shape index (κ3) is 2.22. The highest BCUT2D eigenvalue weighted by molar-refractivity contribution is 6.31. The molecule has 0 aliphatic heterocycles. The molecule has 0 amide bonds. The molecule has 1 N–H and O–H groups in total. The number of aromatic nitrogens is 1. The van der Waals surface area contributed by atoms with Crippen molar-refractivity contribution in [2.45, 2.75) is 20.8 Å². The molecule has 0 bridgehead atoms. The summed E-state index contributed by atoms with van der Waals surface area (Å²) in [5.74, 6) is 0.568. The second-order valence-corrected chi connectivity index (χ2v) is 5.23. The molecule has 17 heavy (non-hydrogen) atoms. The van der Waals surface area contributed by atoms with Crippen LogP contribution in [-0.4, -0.2) is 10.8 Å². The van der Waals surface area contributed by atoms with Crippen LogP contribution in [0.2, 0.25) is 5.02 Å². The fourth-order valence-electron chi connectivity index (χ4n) is 1.85. The number of hydrogen-bond acceptors (Lipinski definition) is 1. The first kappa shape index (κ1) is 12.2. The van der Waals surface area contributed by atoms with Crippen molar-refractivity contribution in [3.05, 3.63) is 35.0 Å². The fourth-order valence-corrected chi connectivity index (χ4v) is 2.02. The second kappa shape index (κ2) is 4.53. The van der Waals surface area contributed by atoms with Crippen LogP contribution in [0.4, 0.5) is 0 Å². The van der Waals surface area contributed by atoms with E-state index in [1.165, 1.54) is 0 Å². The van der Waals surface area contributed by atoms with Gasteiger partial charge in [0.2, 0.25) is 0 Å². The van der Waals surface area contributed by atoms with Gasteiger partial charge in [0.05, 0.1) is 0 Å². The number of Topliss-reactive ketones (excluding diaryl/α,β-unsaturated/α-hetero) is 1. The predicted molar refractivity (Wildman–Crippen MR) is 71.6 cm³/mol. The molecule has 3 heteroatoms. The van der Waals surface area contributed by atoms with E-state index < -0.39 is 0 Å². The van der Waals surface area contributed by atoms with Gasteiger partial charge in [-0.1, -0.05) is 38.4 Å². The van der Waals surface area contributed by atoms with Crippen LogP contribution in [0.25, 0.3) is 10.9 Å². The van der Waals surface area contributed by atoms with Gasteiger partial charge in [0.25, 0.3) is 0 Å². The van der Waals surface area contributed by atoms with E-state index in [4.69, 9.17) is 11.6 Å². The molecule has 90 valence electrons. The SMILES string of the molecule is CC(C)C(C)C(=O)c1c[nH]c2cc(Cl)ccc12. The number of carbonyl (C=O) groups is 1. The average molecular weight is 250 g/mol. The van der Waals surface area contributed by atoms with Crippen LogP contribution in [0, 0.1) is 11.8 Å². The Balaban J connectivity index is 2.46. The van der Waals surface area contributed by atoms with Crippen LogP contribution in [-0.2, 0) is 0 Å². The van der Waals surface area contributed by atoms with E-state index in [0.717, 1.165) is 16.5 Å². The van der Waals surface area contributed by atoms with Crippen molar-refractivity contribution in [2.75, 3.05) is 0 Å². The molecule has 0 fully saturated rings. The van der Waals surface area contributed by atoms with Crippen LogP contribution in [0.5, 0.6) is 0 Å². The molecule has 0 aliphatic rings. The van der Waals surface area contributed by atoms with Gasteiger partial charge in [-0.05, 0) is 18.1 Å². The molecule has 0 saturated heterocycles. The Morgan fingerprint density at radius 2 is 2.00 bits per heavy atom. The Hall–Kier alpha value is -1.28. The Kier molecular flexibility index (Phi) is 3.25. The number of carbonyl (C=O) groups excluding carboxylic acids is 1. The van der Waals surface area contributed by atoms with E-state index in [1.807, 2.05) is 25.1 Å². The molecule has 2 aromatic rings. The first-order valence-electron chi connectivity index (χ1n) is 5.81. The summed E-state index contributed by atoms with van der Waals surface area (Å²) in [6.07, 6.45) is 1.78. The maximum atomic E-state index is 12.3. The van der Waals surface area contributed by atoms with Crippen molar-refractivity contribution >= 4 is 28.3 Å². The highest BCUT2D eigenvalue weighted by atomic mass is 35.5. The molecule has 2 rings (SSSR count). The smallest absolute Gasteiger partial charge is 0.168 e. The minimum absolute atomic E-state index is 0.0321. The lowest BCUT2D eigenvalue weighted by Crippen LogP contribution is -2.16. The average Bonchev–Trinajstić information content (AvgIpc) is 2.69. The normalized spacial score (nSPS) is 13.2. The number of hydrogen-bond donors (Lipinski definition) is 1. The molecular formula is C14H16ClNO. The van der Waals surface area contributed by atoms with Crippen molar-refractivity contribution in [1.82, 2.24) is 4.98 Å². The molecule has 1 aromatic heterocycles. The number of aromatic amines is 1. The monoisotopic (exact) mass is 249 g/mol. The molecule has 0 radical (unpaired) electrons. The molecule has 2 nitrogen and oxygen atoms in total. The highest BCUT2D eigenvalue weighted by Crippen LogP contribution is 2.25. The molecule has 0 saturated carbocycles. The number of rotatable bonds is 3. The topological polar surface area (TPSA) is 32.9 Å². The third-order valence-corrected chi connectivity index (χ3v) is 3.56. The van der Waals surface area contributed by atoms with Gasteiger partial charge in [0, 0.05) is 33.6 Å². The maximum Gasteiger partial charge on any atom is 0.168 e. The van der Waals surface area contributed by atoms with Gasteiger partial charge in [-0.2, -0.15) is 0 Å². The van der Waals surface area contributed by atoms with E-state index in [9.17, 15) is 4.79 Å². The number of benzene rings is 1. The zero-order valence-electron chi connectivity index (χ0n) is 10.3. The van der Waals surface area contributed by atoms with Crippen molar-refractivity contribution in [3.8, 4) is 0 Å². The molecule has 1 heterocycles. The van der Waals surface area contributed by atoms with Gasteiger partial charge in [-0.3, -0.25) is 4.79 Å². The Morgan fingerprint density at radius 1 is 1.29 bits per heavy atom. The molecule has 1 aromatic carbocycles. The zero-order chi connectivity index (χ0) is 12.6. The van der Waals surface area contributed by atoms with E-state index in [0.29, 0.717) is 10.9 Å².